The molecule has 168 valence electrons. The third kappa shape index (κ3) is 7.31. The van der Waals surface area contributed by atoms with Crippen molar-refractivity contribution in [3.8, 4) is 11.5 Å². The molecule has 2 unspecified atom stereocenters. The third-order valence-corrected chi connectivity index (χ3v) is 4.43. The summed E-state index contributed by atoms with van der Waals surface area (Å²) >= 11 is 0. The van der Waals surface area contributed by atoms with Crippen molar-refractivity contribution in [1.29, 1.82) is 0 Å². The summed E-state index contributed by atoms with van der Waals surface area (Å²) in [5.74, 6) is -4.60. The molecule has 1 aromatic carbocycles. The van der Waals surface area contributed by atoms with Gasteiger partial charge in [0.2, 0.25) is 5.79 Å². The highest BCUT2D eigenvalue weighted by Gasteiger charge is 2.44. The number of phenols is 1. The number of rotatable bonds is 9. The number of ketones is 2. The number of carbonyl (C=O) groups is 2. The zero-order chi connectivity index (χ0) is 23.2. The van der Waals surface area contributed by atoms with Crippen molar-refractivity contribution in [2.75, 3.05) is 7.11 Å². The van der Waals surface area contributed by atoms with E-state index < -0.39 is 41.6 Å². The van der Waals surface area contributed by atoms with E-state index >= 15 is 0 Å². The average molecular weight is 436 g/mol. The second-order valence-corrected chi connectivity index (χ2v) is 6.98. The van der Waals surface area contributed by atoms with Crippen molar-refractivity contribution < 1.29 is 49.7 Å². The maximum atomic E-state index is 12.0. The highest BCUT2D eigenvalue weighted by Crippen LogP contribution is 2.35. The maximum Gasteiger partial charge on any atom is 0.407 e. The molecular weight excluding hydrogens is 412 g/mol. The monoisotopic (exact) mass is 436 g/mol. The van der Waals surface area contributed by atoms with Crippen molar-refractivity contribution in [2.45, 2.75) is 31.2 Å². The summed E-state index contributed by atoms with van der Waals surface area (Å²) in [6, 6.07) is 4.50. The van der Waals surface area contributed by atoms with Crippen LogP contribution in [0.2, 0.25) is 0 Å². The lowest BCUT2D eigenvalue weighted by Crippen LogP contribution is -2.48. The molecule has 6 N–H and O–H groups in total. The van der Waals surface area contributed by atoms with E-state index in [1.807, 2.05) is 0 Å². The molecule has 0 saturated carbocycles. The Bertz CT molecular complexity index is 909. The minimum absolute atomic E-state index is 0.0443. The molecule has 2 rings (SSSR count). The first-order valence-electron chi connectivity index (χ1n) is 9.20. The van der Waals surface area contributed by atoms with Crippen LogP contribution < -0.4 is 4.74 Å². The van der Waals surface area contributed by atoms with Gasteiger partial charge in [0.25, 0.3) is 0 Å². The Labute approximate surface area is 177 Å². The summed E-state index contributed by atoms with van der Waals surface area (Å²) in [6.45, 7) is 0. The molecule has 0 saturated heterocycles. The maximum absolute atomic E-state index is 12.0. The Morgan fingerprint density at radius 3 is 2.52 bits per heavy atom. The molecule has 0 spiro atoms. The van der Waals surface area contributed by atoms with Gasteiger partial charge in [-0.1, -0.05) is 18.2 Å². The first-order chi connectivity index (χ1) is 14.4. The fraction of sp³-hybridized carbons (Fsp3) is 0.333. The van der Waals surface area contributed by atoms with Crippen LogP contribution in [0, 0.1) is 5.92 Å². The number of hydrogen-bond donors (Lipinski definition) is 6. The van der Waals surface area contributed by atoms with E-state index in [2.05, 4.69) is 4.74 Å². The van der Waals surface area contributed by atoms with Crippen LogP contribution in [0.3, 0.4) is 0 Å². The van der Waals surface area contributed by atoms with Gasteiger partial charge in [0.1, 0.15) is 5.76 Å². The summed E-state index contributed by atoms with van der Waals surface area (Å²) in [7, 11) is 1.39. The number of phenolic OH excluding ortho intramolecular Hbond substituents is 1. The van der Waals surface area contributed by atoms with E-state index in [-0.39, 0.29) is 24.3 Å². The van der Waals surface area contributed by atoms with Crippen LogP contribution in [0.1, 0.15) is 24.8 Å². The van der Waals surface area contributed by atoms with Crippen LogP contribution >= 0.6 is 0 Å². The van der Waals surface area contributed by atoms with Gasteiger partial charge >= 0.3 is 6.16 Å². The predicted octanol–water partition coefficient (Wildman–Crippen LogP) is 0.644. The number of carbonyl (C=O) groups excluding carboxylic acids is 2. The van der Waals surface area contributed by atoms with Gasteiger partial charge < -0.3 is 35.4 Å². The van der Waals surface area contributed by atoms with Crippen LogP contribution in [0.25, 0.3) is 6.08 Å². The number of allylic oxidation sites excluding steroid dienone is 4. The quantitative estimate of drug-likeness (QED) is 0.183. The molecule has 10 heteroatoms. The molecule has 0 fully saturated rings. The Morgan fingerprint density at radius 2 is 1.87 bits per heavy atom. The fourth-order valence-electron chi connectivity index (χ4n) is 2.95. The molecule has 0 amide bonds. The van der Waals surface area contributed by atoms with E-state index in [0.29, 0.717) is 5.56 Å². The summed E-state index contributed by atoms with van der Waals surface area (Å²) in [5.41, 5.74) is 0.590. The smallest absolute Gasteiger partial charge is 0.407 e. The first-order valence-corrected chi connectivity index (χ1v) is 9.20. The fourth-order valence-corrected chi connectivity index (χ4v) is 2.95. The van der Waals surface area contributed by atoms with Crippen LogP contribution in [-0.2, 0) is 14.3 Å². The number of hydrogen-bond acceptors (Lipinski definition) is 10. The Balaban J connectivity index is 1.94. The molecule has 0 bridgehead atoms. The van der Waals surface area contributed by atoms with Crippen LogP contribution in [0.15, 0.2) is 48.3 Å². The highest BCUT2D eigenvalue weighted by molar-refractivity contribution is 6.09. The number of benzene rings is 1. The van der Waals surface area contributed by atoms with E-state index in [4.69, 9.17) is 20.1 Å². The summed E-state index contributed by atoms with van der Waals surface area (Å²) in [6.07, 6.45) is 2.10. The van der Waals surface area contributed by atoms with Crippen LogP contribution in [0.4, 0.5) is 0 Å². The number of aliphatic hydroxyl groups is 5. The lowest BCUT2D eigenvalue weighted by Gasteiger charge is -2.35. The normalized spacial score (nSPS) is 22.0. The molecule has 0 radical (unpaired) electrons. The highest BCUT2D eigenvalue weighted by atomic mass is 16.9. The number of ether oxygens (including phenoxy) is 2. The Hall–Kier alpha value is -3.02. The topological polar surface area (TPSA) is 174 Å². The lowest BCUT2D eigenvalue weighted by atomic mass is 9.88. The molecule has 2 atom stereocenters. The molecule has 1 aromatic rings. The van der Waals surface area contributed by atoms with Gasteiger partial charge in [-0.2, -0.15) is 0 Å². The minimum atomic E-state index is -3.67. The number of methoxy groups -OCH3 is 1. The summed E-state index contributed by atoms with van der Waals surface area (Å²) in [5, 5.41) is 56.1. The molecular formula is C21H24O10. The van der Waals surface area contributed by atoms with Crippen LogP contribution in [-0.4, -0.2) is 61.3 Å². The van der Waals surface area contributed by atoms with Crippen molar-refractivity contribution in [2.24, 2.45) is 5.92 Å². The van der Waals surface area contributed by atoms with Gasteiger partial charge in [-0.15, -0.1) is 0 Å². The van der Waals surface area contributed by atoms with Crippen molar-refractivity contribution in [3.63, 3.8) is 0 Å². The van der Waals surface area contributed by atoms with Gasteiger partial charge in [0.05, 0.1) is 13.5 Å². The zero-order valence-corrected chi connectivity index (χ0v) is 16.6. The minimum Gasteiger partial charge on any atom is -0.507 e. The SMILES string of the molecule is COc1cc(C=CC(=O)CC(=O)C=CC2CC=C(O)C(O)(OC(O)(O)O)C2)ccc1O. The molecule has 1 aliphatic rings. The molecule has 0 aromatic heterocycles. The molecule has 0 heterocycles. The molecule has 1 aliphatic carbocycles. The first kappa shape index (κ1) is 24.3. The van der Waals surface area contributed by atoms with Crippen LogP contribution in [0.5, 0.6) is 11.5 Å². The van der Waals surface area contributed by atoms with Crippen molar-refractivity contribution in [1.82, 2.24) is 0 Å². The standard InChI is InChI=1S/C21H24O10/c1-30-18-10-13(4-8-17(18)24)2-6-15(22)11-16(23)7-3-14-5-9-19(25)20(26,12-14)31-21(27,28)29/h2-4,6-10,14,24-29H,5,11-12H2,1H3. The van der Waals surface area contributed by atoms with Crippen molar-refractivity contribution in [3.05, 3.63) is 53.8 Å². The second kappa shape index (κ2) is 9.86. The summed E-state index contributed by atoms with van der Waals surface area (Å²) in [4.78, 5) is 24.0. The molecule has 31 heavy (non-hydrogen) atoms. The van der Waals surface area contributed by atoms with E-state index in [1.165, 1.54) is 37.5 Å². The predicted molar refractivity (Wildman–Crippen MR) is 106 cm³/mol. The molecule has 10 nitrogen and oxygen atoms in total. The van der Waals surface area contributed by atoms with Gasteiger partial charge in [-0.3, -0.25) is 14.3 Å². The van der Waals surface area contributed by atoms with Gasteiger partial charge in [-0.25, -0.2) is 0 Å². The van der Waals surface area contributed by atoms with Crippen molar-refractivity contribution >= 4 is 17.6 Å². The van der Waals surface area contributed by atoms with Gasteiger partial charge in [0.15, 0.2) is 23.1 Å². The summed E-state index contributed by atoms with van der Waals surface area (Å²) < 4.78 is 9.25. The average Bonchev–Trinajstić information content (AvgIpc) is 2.67. The van der Waals surface area contributed by atoms with Gasteiger partial charge in [0, 0.05) is 6.42 Å². The third-order valence-electron chi connectivity index (χ3n) is 4.43. The largest absolute Gasteiger partial charge is 0.507 e. The number of aromatic hydroxyl groups is 1. The van der Waals surface area contributed by atoms with E-state index in [9.17, 15) is 24.9 Å². The molecule has 0 aliphatic heterocycles. The second-order valence-electron chi connectivity index (χ2n) is 6.98. The lowest BCUT2D eigenvalue weighted by molar-refractivity contribution is -0.502. The van der Waals surface area contributed by atoms with E-state index in [1.54, 1.807) is 6.07 Å². The zero-order valence-electron chi connectivity index (χ0n) is 16.6. The Kier molecular flexibility index (Phi) is 7.71. The number of aliphatic hydroxyl groups excluding tert-OH is 1. The Morgan fingerprint density at radius 1 is 1.19 bits per heavy atom. The van der Waals surface area contributed by atoms with Gasteiger partial charge in [-0.05, 0) is 48.3 Å². The van der Waals surface area contributed by atoms with E-state index in [0.717, 1.165) is 12.2 Å².